The topological polar surface area (TPSA) is 102 Å². The van der Waals surface area contributed by atoms with E-state index in [1.807, 2.05) is 13.8 Å². The Bertz CT molecular complexity index is 514. The summed E-state index contributed by atoms with van der Waals surface area (Å²) in [7, 11) is 0. The third kappa shape index (κ3) is 5.47. The molecular formula is C15H26ClN5O3. The third-order valence-electron chi connectivity index (χ3n) is 4.12. The van der Waals surface area contributed by atoms with Crippen LogP contribution >= 0.6 is 12.4 Å². The number of nitrogens with one attached hydrogen (secondary N) is 1. The average molecular weight is 360 g/mol. The molecule has 1 fully saturated rings. The Kier molecular flexibility index (Phi) is 8.17. The van der Waals surface area contributed by atoms with E-state index >= 15 is 0 Å². The Balaban J connectivity index is 0.00000288. The van der Waals surface area contributed by atoms with Gasteiger partial charge in [0.15, 0.2) is 0 Å². The van der Waals surface area contributed by atoms with Crippen LogP contribution in [-0.2, 0) is 20.9 Å². The van der Waals surface area contributed by atoms with E-state index in [-0.39, 0.29) is 36.7 Å². The molecule has 0 spiro atoms. The monoisotopic (exact) mass is 359 g/mol. The van der Waals surface area contributed by atoms with Crippen molar-refractivity contribution >= 4 is 29.9 Å². The van der Waals surface area contributed by atoms with Gasteiger partial charge in [-0.25, -0.2) is 0 Å². The predicted molar refractivity (Wildman–Crippen MR) is 92.9 cm³/mol. The summed E-state index contributed by atoms with van der Waals surface area (Å²) in [6, 6.07) is -0.557. The minimum Gasteiger partial charge on any atom is -0.378 e. The maximum absolute atomic E-state index is 12.1. The molecule has 136 valence electrons. The second kappa shape index (κ2) is 9.61. The highest BCUT2D eigenvalue weighted by molar-refractivity contribution is 5.94. The molecule has 0 saturated carbocycles. The highest BCUT2D eigenvalue weighted by Crippen LogP contribution is 2.10. The first kappa shape index (κ1) is 20.4. The molecule has 0 radical (unpaired) electrons. The minimum absolute atomic E-state index is 0. The van der Waals surface area contributed by atoms with Crippen molar-refractivity contribution in [3.63, 3.8) is 0 Å². The first-order valence-electron chi connectivity index (χ1n) is 7.95. The number of nitrogens with two attached hydrogens (primary N) is 1. The zero-order valence-corrected chi connectivity index (χ0v) is 14.9. The van der Waals surface area contributed by atoms with Crippen LogP contribution in [-0.4, -0.2) is 58.8 Å². The maximum Gasteiger partial charge on any atom is 0.244 e. The number of hydrogen-bond donors (Lipinski definition) is 2. The molecule has 1 aliphatic rings. The second-order valence-electron chi connectivity index (χ2n) is 5.82. The van der Waals surface area contributed by atoms with Gasteiger partial charge in [-0.1, -0.05) is 20.3 Å². The van der Waals surface area contributed by atoms with Crippen molar-refractivity contribution in [2.75, 3.05) is 31.6 Å². The molecule has 1 saturated heterocycles. The van der Waals surface area contributed by atoms with Crippen molar-refractivity contribution in [3.05, 3.63) is 12.4 Å². The molecule has 0 bridgehead atoms. The van der Waals surface area contributed by atoms with Gasteiger partial charge in [-0.15, -0.1) is 12.4 Å². The van der Waals surface area contributed by atoms with Gasteiger partial charge in [-0.3, -0.25) is 14.3 Å². The summed E-state index contributed by atoms with van der Waals surface area (Å²) in [4.78, 5) is 25.9. The highest BCUT2D eigenvalue weighted by Gasteiger charge is 2.20. The fourth-order valence-corrected chi connectivity index (χ4v) is 2.30. The number of anilines is 1. The van der Waals surface area contributed by atoms with Crippen LogP contribution in [0.2, 0.25) is 0 Å². The SMILES string of the molecule is CCC(C)C(N)C(=O)Nc1cnn(CC(=O)N2CCOCC2)c1.Cl. The number of aromatic nitrogens is 2. The number of ether oxygens (including phenoxy) is 1. The Hall–Kier alpha value is -1.64. The number of morpholine rings is 1. The second-order valence-corrected chi connectivity index (χ2v) is 5.82. The molecule has 1 aliphatic heterocycles. The fraction of sp³-hybridized carbons (Fsp3) is 0.667. The summed E-state index contributed by atoms with van der Waals surface area (Å²) in [6.45, 7) is 6.43. The van der Waals surface area contributed by atoms with Crippen molar-refractivity contribution in [1.82, 2.24) is 14.7 Å². The van der Waals surface area contributed by atoms with Crippen LogP contribution in [0.15, 0.2) is 12.4 Å². The minimum atomic E-state index is -0.557. The molecule has 8 nitrogen and oxygen atoms in total. The smallest absolute Gasteiger partial charge is 0.244 e. The van der Waals surface area contributed by atoms with Crippen molar-refractivity contribution in [2.24, 2.45) is 11.7 Å². The van der Waals surface area contributed by atoms with Gasteiger partial charge in [-0.2, -0.15) is 5.10 Å². The molecule has 2 amide bonds. The number of halogens is 1. The van der Waals surface area contributed by atoms with E-state index in [1.165, 1.54) is 10.9 Å². The largest absolute Gasteiger partial charge is 0.378 e. The molecule has 9 heteroatoms. The number of carbonyl (C=O) groups is 2. The van der Waals surface area contributed by atoms with Crippen LogP contribution in [0.1, 0.15) is 20.3 Å². The molecule has 0 aliphatic carbocycles. The summed E-state index contributed by atoms with van der Waals surface area (Å²) >= 11 is 0. The molecule has 2 heterocycles. The zero-order valence-electron chi connectivity index (χ0n) is 14.1. The lowest BCUT2D eigenvalue weighted by atomic mass is 9.99. The van der Waals surface area contributed by atoms with Crippen molar-refractivity contribution in [3.8, 4) is 0 Å². The number of amides is 2. The molecule has 0 aromatic carbocycles. The van der Waals surface area contributed by atoms with E-state index in [4.69, 9.17) is 10.5 Å². The van der Waals surface area contributed by atoms with Crippen LogP contribution in [0.25, 0.3) is 0 Å². The van der Waals surface area contributed by atoms with E-state index in [2.05, 4.69) is 10.4 Å². The Morgan fingerprint density at radius 2 is 2.08 bits per heavy atom. The van der Waals surface area contributed by atoms with Crippen molar-refractivity contribution < 1.29 is 14.3 Å². The standard InChI is InChI=1S/C15H25N5O3.ClH/c1-3-11(2)14(16)15(22)18-12-8-17-20(9-12)10-13(21)19-4-6-23-7-5-19;/h8-9,11,14H,3-7,10,16H2,1-2H3,(H,18,22);1H. The summed E-state index contributed by atoms with van der Waals surface area (Å²) in [5.41, 5.74) is 6.44. The molecule has 2 unspecified atom stereocenters. The number of carbonyl (C=O) groups excluding carboxylic acids is 2. The fourth-order valence-electron chi connectivity index (χ4n) is 2.30. The summed E-state index contributed by atoms with van der Waals surface area (Å²) < 4.78 is 6.74. The first-order chi connectivity index (χ1) is 11.0. The van der Waals surface area contributed by atoms with Crippen LogP contribution in [0.3, 0.4) is 0 Å². The summed E-state index contributed by atoms with van der Waals surface area (Å²) in [5.74, 6) is -0.142. The quantitative estimate of drug-likeness (QED) is 0.768. The lowest BCUT2D eigenvalue weighted by Gasteiger charge is -2.26. The van der Waals surface area contributed by atoms with Crippen LogP contribution in [0, 0.1) is 5.92 Å². The molecule has 1 aromatic rings. The Morgan fingerprint density at radius 1 is 1.42 bits per heavy atom. The highest BCUT2D eigenvalue weighted by atomic mass is 35.5. The zero-order chi connectivity index (χ0) is 16.8. The van der Waals surface area contributed by atoms with Gasteiger partial charge in [0, 0.05) is 19.3 Å². The van der Waals surface area contributed by atoms with Crippen molar-refractivity contribution in [1.29, 1.82) is 0 Å². The van der Waals surface area contributed by atoms with Crippen LogP contribution in [0.5, 0.6) is 0 Å². The van der Waals surface area contributed by atoms with Gasteiger partial charge < -0.3 is 20.7 Å². The number of hydrogen-bond acceptors (Lipinski definition) is 5. The lowest BCUT2D eigenvalue weighted by molar-refractivity contribution is -0.136. The molecule has 3 N–H and O–H groups in total. The number of rotatable bonds is 6. The maximum atomic E-state index is 12.1. The van der Waals surface area contributed by atoms with Crippen LogP contribution in [0.4, 0.5) is 5.69 Å². The van der Waals surface area contributed by atoms with Gasteiger partial charge in [0.05, 0.1) is 31.1 Å². The normalized spacial score (nSPS) is 16.9. The van der Waals surface area contributed by atoms with E-state index in [1.54, 1.807) is 11.1 Å². The first-order valence-corrected chi connectivity index (χ1v) is 7.95. The van der Waals surface area contributed by atoms with E-state index < -0.39 is 6.04 Å². The predicted octanol–water partition coefficient (Wildman–Crippen LogP) is 0.476. The molecule has 2 rings (SSSR count). The Labute approximate surface area is 148 Å². The van der Waals surface area contributed by atoms with E-state index in [0.717, 1.165) is 6.42 Å². The van der Waals surface area contributed by atoms with Gasteiger partial charge in [0.2, 0.25) is 11.8 Å². The average Bonchev–Trinajstić information content (AvgIpc) is 3.00. The van der Waals surface area contributed by atoms with Crippen molar-refractivity contribution in [2.45, 2.75) is 32.9 Å². The molecular weight excluding hydrogens is 334 g/mol. The molecule has 24 heavy (non-hydrogen) atoms. The Morgan fingerprint density at radius 3 is 2.71 bits per heavy atom. The van der Waals surface area contributed by atoms with E-state index in [9.17, 15) is 9.59 Å². The van der Waals surface area contributed by atoms with Gasteiger partial charge in [0.1, 0.15) is 6.54 Å². The lowest BCUT2D eigenvalue weighted by Crippen LogP contribution is -2.42. The van der Waals surface area contributed by atoms with E-state index in [0.29, 0.717) is 32.0 Å². The summed E-state index contributed by atoms with van der Waals surface area (Å²) in [5, 5.41) is 6.85. The van der Waals surface area contributed by atoms with Gasteiger partial charge >= 0.3 is 0 Å². The van der Waals surface area contributed by atoms with Crippen LogP contribution < -0.4 is 11.1 Å². The molecule has 2 atom stereocenters. The molecule has 1 aromatic heterocycles. The van der Waals surface area contributed by atoms with Gasteiger partial charge in [0.25, 0.3) is 0 Å². The number of nitrogens with zero attached hydrogens (tertiary/aromatic N) is 3. The van der Waals surface area contributed by atoms with Gasteiger partial charge in [-0.05, 0) is 5.92 Å². The summed E-state index contributed by atoms with van der Waals surface area (Å²) in [6.07, 6.45) is 4.00. The third-order valence-corrected chi connectivity index (χ3v) is 4.12.